The van der Waals surface area contributed by atoms with Crippen molar-refractivity contribution in [3.05, 3.63) is 63.1 Å². The van der Waals surface area contributed by atoms with Gasteiger partial charge in [-0.05, 0) is 17.7 Å². The monoisotopic (exact) mass is 301 g/mol. The topological polar surface area (TPSA) is 89.2 Å². The molecule has 0 aromatic carbocycles. The summed E-state index contributed by atoms with van der Waals surface area (Å²) in [5.74, 6) is 0. The van der Waals surface area contributed by atoms with Gasteiger partial charge < -0.3 is 5.11 Å². The average Bonchev–Trinajstić information content (AvgIpc) is 2.79. The Morgan fingerprint density at radius 3 is 3.00 bits per heavy atom. The molecule has 1 aliphatic carbocycles. The van der Waals surface area contributed by atoms with Gasteiger partial charge in [-0.1, -0.05) is 6.08 Å². The summed E-state index contributed by atoms with van der Waals surface area (Å²) in [5.41, 5.74) is 2.18. The van der Waals surface area contributed by atoms with E-state index in [0.717, 1.165) is 10.2 Å². The van der Waals surface area contributed by atoms with Gasteiger partial charge in [0.2, 0.25) is 0 Å². The van der Waals surface area contributed by atoms with Gasteiger partial charge in [-0.15, -0.1) is 11.3 Å². The molecule has 2 aromatic heterocycles. The van der Waals surface area contributed by atoms with Crippen LogP contribution in [0.4, 0.5) is 0 Å². The van der Waals surface area contributed by atoms with Crippen molar-refractivity contribution in [3.63, 3.8) is 0 Å². The van der Waals surface area contributed by atoms with Gasteiger partial charge in [0.15, 0.2) is 0 Å². The lowest BCUT2D eigenvalue weighted by atomic mass is 10.2. The highest BCUT2D eigenvalue weighted by Crippen LogP contribution is 2.30. The smallest absolute Gasteiger partial charge is 0.250 e. The van der Waals surface area contributed by atoms with E-state index in [0.29, 0.717) is 16.2 Å². The Kier molecular flexibility index (Phi) is 3.59. The number of aliphatic hydroxyl groups excluding tert-OH is 1. The second kappa shape index (κ2) is 5.55. The van der Waals surface area contributed by atoms with Gasteiger partial charge in [0.05, 0.1) is 28.2 Å². The number of rotatable bonds is 3. The molecule has 0 spiro atoms. The van der Waals surface area contributed by atoms with Crippen molar-refractivity contribution >= 4 is 27.1 Å². The second-order valence-corrected chi connectivity index (χ2v) is 5.53. The fourth-order valence-electron chi connectivity index (χ4n) is 2.04. The first-order valence-corrected chi connectivity index (χ1v) is 7.06. The zero-order valence-electron chi connectivity index (χ0n) is 10.9. The summed E-state index contributed by atoms with van der Waals surface area (Å²) in [6.07, 6.45) is 8.48. The third kappa shape index (κ3) is 2.74. The predicted octanol–water partition coefficient (Wildman–Crippen LogP) is 2.56. The fraction of sp³-hybridized carbons (Fsp3) is 0.143. The second-order valence-electron chi connectivity index (χ2n) is 4.50. The number of thiazole rings is 1. The lowest BCUT2D eigenvalue weighted by Crippen LogP contribution is -1.97. The third-order valence-electron chi connectivity index (χ3n) is 3.09. The van der Waals surface area contributed by atoms with Crippen molar-refractivity contribution in [2.24, 2.45) is 0 Å². The van der Waals surface area contributed by atoms with Crippen LogP contribution in [0.3, 0.4) is 0 Å². The highest BCUT2D eigenvalue weighted by atomic mass is 32.1. The number of nitro groups is 1. The molecule has 2 aromatic rings. The Balaban J connectivity index is 2.12. The molecule has 6 nitrogen and oxygen atoms in total. The van der Waals surface area contributed by atoms with Crippen LogP contribution in [0.1, 0.15) is 11.4 Å². The van der Waals surface area contributed by atoms with E-state index >= 15 is 0 Å². The number of nitrogens with zero attached hydrogens (tertiary/aromatic N) is 3. The molecule has 1 N–H and O–H groups in total. The largest absolute Gasteiger partial charge is 0.392 e. The van der Waals surface area contributed by atoms with Crippen LogP contribution in [0, 0.1) is 10.1 Å². The maximum atomic E-state index is 11.0. The zero-order valence-corrected chi connectivity index (χ0v) is 11.7. The molecule has 0 bridgehead atoms. The molecule has 0 radical (unpaired) electrons. The number of hydrogen-bond donors (Lipinski definition) is 1. The van der Waals surface area contributed by atoms with E-state index in [1.807, 2.05) is 0 Å². The summed E-state index contributed by atoms with van der Waals surface area (Å²) in [4.78, 5) is 19.2. The average molecular weight is 301 g/mol. The molecule has 0 unspecified atom stereocenters. The lowest BCUT2D eigenvalue weighted by Gasteiger charge is -1.97. The van der Waals surface area contributed by atoms with Crippen LogP contribution >= 0.6 is 11.3 Å². The maximum absolute atomic E-state index is 11.0. The number of aromatic nitrogens is 2. The first-order chi connectivity index (χ1) is 10.2. The Morgan fingerprint density at radius 1 is 1.43 bits per heavy atom. The van der Waals surface area contributed by atoms with E-state index in [1.54, 1.807) is 30.6 Å². The van der Waals surface area contributed by atoms with Crippen LogP contribution in [0.5, 0.6) is 0 Å². The lowest BCUT2D eigenvalue weighted by molar-refractivity contribution is -0.426. The van der Waals surface area contributed by atoms with Crippen molar-refractivity contribution in [2.45, 2.75) is 6.42 Å². The molecule has 3 rings (SSSR count). The van der Waals surface area contributed by atoms with Crippen molar-refractivity contribution in [3.8, 4) is 0 Å². The Bertz CT molecular complexity index is 772. The first kappa shape index (κ1) is 13.6. The molecule has 2 heterocycles. The number of hydrogen-bond acceptors (Lipinski definition) is 6. The number of allylic oxidation sites excluding steroid dienone is 3. The van der Waals surface area contributed by atoms with Crippen molar-refractivity contribution in [1.29, 1.82) is 0 Å². The summed E-state index contributed by atoms with van der Waals surface area (Å²) in [5, 5.41) is 21.0. The number of aliphatic hydroxyl groups is 1. The van der Waals surface area contributed by atoms with Gasteiger partial charge in [0.25, 0.3) is 5.70 Å². The van der Waals surface area contributed by atoms with Gasteiger partial charge in [-0.3, -0.25) is 15.1 Å². The van der Waals surface area contributed by atoms with E-state index in [1.165, 1.54) is 17.4 Å². The van der Waals surface area contributed by atoms with E-state index in [-0.39, 0.29) is 18.7 Å². The summed E-state index contributed by atoms with van der Waals surface area (Å²) >= 11 is 1.42. The summed E-state index contributed by atoms with van der Waals surface area (Å²) in [7, 11) is 0. The standard InChI is InChI=1S/C14H11N3O3S/c18-8-9-1-2-11(17(19)20)6-10(5-9)14-16-12-3-4-15-7-13(12)21-14/h1,3-7,18H,2,8H2. The number of fused-ring (bicyclic) bond motifs is 1. The van der Waals surface area contributed by atoms with Gasteiger partial charge in [0, 0.05) is 24.0 Å². The van der Waals surface area contributed by atoms with Crippen molar-refractivity contribution in [1.82, 2.24) is 9.97 Å². The van der Waals surface area contributed by atoms with Crippen molar-refractivity contribution < 1.29 is 10.0 Å². The van der Waals surface area contributed by atoms with E-state index in [4.69, 9.17) is 0 Å². The Hall–Kier alpha value is -2.38. The maximum Gasteiger partial charge on any atom is 0.250 e. The molecular weight excluding hydrogens is 290 g/mol. The molecule has 7 heteroatoms. The molecule has 0 atom stereocenters. The number of pyridine rings is 1. The third-order valence-corrected chi connectivity index (χ3v) is 4.15. The Morgan fingerprint density at radius 2 is 2.29 bits per heavy atom. The van der Waals surface area contributed by atoms with Crippen LogP contribution < -0.4 is 0 Å². The van der Waals surface area contributed by atoms with E-state index < -0.39 is 4.92 Å². The molecule has 0 saturated heterocycles. The Labute approximate surface area is 123 Å². The highest BCUT2D eigenvalue weighted by Gasteiger charge is 2.17. The predicted molar refractivity (Wildman–Crippen MR) is 80.3 cm³/mol. The van der Waals surface area contributed by atoms with Gasteiger partial charge in [0.1, 0.15) is 5.01 Å². The highest BCUT2D eigenvalue weighted by molar-refractivity contribution is 7.19. The summed E-state index contributed by atoms with van der Waals surface area (Å²) in [6, 6.07) is 1.80. The molecule has 21 heavy (non-hydrogen) atoms. The molecule has 0 saturated carbocycles. The van der Waals surface area contributed by atoms with Gasteiger partial charge in [-0.2, -0.15) is 0 Å². The van der Waals surface area contributed by atoms with Crippen LogP contribution in [0.2, 0.25) is 0 Å². The van der Waals surface area contributed by atoms with Gasteiger partial charge >= 0.3 is 0 Å². The zero-order chi connectivity index (χ0) is 14.8. The fourth-order valence-corrected chi connectivity index (χ4v) is 2.96. The summed E-state index contributed by atoms with van der Waals surface area (Å²) < 4.78 is 0.920. The van der Waals surface area contributed by atoms with Crippen LogP contribution in [0.15, 0.2) is 48.0 Å². The van der Waals surface area contributed by atoms with Gasteiger partial charge in [-0.25, -0.2) is 4.98 Å². The van der Waals surface area contributed by atoms with E-state index in [2.05, 4.69) is 9.97 Å². The van der Waals surface area contributed by atoms with E-state index in [9.17, 15) is 15.2 Å². The minimum absolute atomic E-state index is 0.0853. The van der Waals surface area contributed by atoms with Crippen molar-refractivity contribution in [2.75, 3.05) is 6.61 Å². The molecule has 0 aliphatic heterocycles. The molecule has 0 amide bonds. The first-order valence-electron chi connectivity index (χ1n) is 6.25. The van der Waals surface area contributed by atoms with Crippen LogP contribution in [0.25, 0.3) is 15.8 Å². The molecular formula is C14H11N3O3S. The normalized spacial score (nSPS) is 15.2. The molecule has 106 valence electrons. The quantitative estimate of drug-likeness (QED) is 0.695. The van der Waals surface area contributed by atoms with Crippen LogP contribution in [-0.4, -0.2) is 26.6 Å². The minimum atomic E-state index is -0.403. The summed E-state index contributed by atoms with van der Waals surface area (Å²) in [6.45, 7) is -0.158. The minimum Gasteiger partial charge on any atom is -0.392 e. The SMILES string of the molecule is O=[N+]([O-])C1=CC(c2nc3ccncc3s2)=CC(CO)=CC1. The molecule has 1 aliphatic rings. The van der Waals surface area contributed by atoms with Crippen LogP contribution in [-0.2, 0) is 0 Å². The molecule has 0 fully saturated rings.